The molecule has 1 aliphatic carbocycles. The minimum Gasteiger partial charge on any atom is -0.376 e. The van der Waals surface area contributed by atoms with Gasteiger partial charge in [0.2, 0.25) is 0 Å². The zero-order chi connectivity index (χ0) is 14.3. The van der Waals surface area contributed by atoms with E-state index in [1.807, 2.05) is 0 Å². The third-order valence-electron chi connectivity index (χ3n) is 2.53. The van der Waals surface area contributed by atoms with Crippen molar-refractivity contribution < 1.29 is 25.8 Å². The molecule has 1 aromatic rings. The van der Waals surface area contributed by atoms with Crippen molar-refractivity contribution in [1.29, 1.82) is 0 Å². The molecule has 3 nitrogen and oxygen atoms in total. The molecular weight excluding hydrogens is 281 g/mol. The maximum atomic E-state index is 12.2. The van der Waals surface area contributed by atoms with Crippen LogP contribution in [0.1, 0.15) is 16.7 Å². The van der Waals surface area contributed by atoms with Gasteiger partial charge >= 0.3 is 15.6 Å². The van der Waals surface area contributed by atoms with E-state index in [9.17, 15) is 21.6 Å². The molecule has 0 saturated heterocycles. The zero-order valence-electron chi connectivity index (χ0n) is 9.36. The van der Waals surface area contributed by atoms with Gasteiger partial charge in [-0.1, -0.05) is 12.0 Å². The number of benzene rings is 1. The molecule has 0 aliphatic heterocycles. The van der Waals surface area contributed by atoms with Gasteiger partial charge in [-0.3, -0.25) is 0 Å². The Bertz CT molecular complexity index is 694. The van der Waals surface area contributed by atoms with E-state index in [4.69, 9.17) is 6.42 Å². The Balaban J connectivity index is 2.36. The number of alkyl halides is 3. The van der Waals surface area contributed by atoms with Gasteiger partial charge in [-0.2, -0.15) is 21.6 Å². The van der Waals surface area contributed by atoms with Crippen LogP contribution in [0.5, 0.6) is 0 Å². The van der Waals surface area contributed by atoms with Crippen molar-refractivity contribution in [2.24, 2.45) is 0 Å². The molecule has 0 N–H and O–H groups in total. The van der Waals surface area contributed by atoms with Crippen LogP contribution < -0.4 is 0 Å². The molecule has 7 heteroatoms. The van der Waals surface area contributed by atoms with Crippen LogP contribution in [-0.2, 0) is 20.7 Å². The molecule has 0 radical (unpaired) electrons. The lowest BCUT2D eigenvalue weighted by Gasteiger charge is -2.11. The summed E-state index contributed by atoms with van der Waals surface area (Å²) in [5.41, 5.74) is -4.10. The van der Waals surface area contributed by atoms with Crippen molar-refractivity contribution in [2.75, 3.05) is 0 Å². The first-order chi connectivity index (χ1) is 8.74. The maximum Gasteiger partial charge on any atom is 0.534 e. The minimum absolute atomic E-state index is 0.267. The van der Waals surface area contributed by atoms with E-state index in [-0.39, 0.29) is 11.3 Å². The van der Waals surface area contributed by atoms with Crippen molar-refractivity contribution >= 4 is 15.9 Å². The van der Waals surface area contributed by atoms with Gasteiger partial charge < -0.3 is 4.18 Å². The van der Waals surface area contributed by atoms with E-state index in [0.29, 0.717) is 17.5 Å². The molecule has 0 atom stereocenters. The first-order valence-electron chi connectivity index (χ1n) is 5.05. The molecule has 2 rings (SSSR count). The van der Waals surface area contributed by atoms with Gasteiger partial charge in [-0.05, 0) is 30.2 Å². The number of hydrogen-bond donors (Lipinski definition) is 0. The number of halogens is 3. The topological polar surface area (TPSA) is 43.4 Å². The molecule has 1 aromatic carbocycles. The van der Waals surface area contributed by atoms with Gasteiger partial charge in [0.1, 0.15) is 5.76 Å². The number of hydrogen-bond acceptors (Lipinski definition) is 3. The molecule has 0 spiro atoms. The van der Waals surface area contributed by atoms with Gasteiger partial charge in [-0.25, -0.2) is 0 Å². The van der Waals surface area contributed by atoms with Crippen LogP contribution in [0.2, 0.25) is 0 Å². The summed E-state index contributed by atoms with van der Waals surface area (Å²) in [4.78, 5) is 0. The van der Waals surface area contributed by atoms with Crippen molar-refractivity contribution in [3.63, 3.8) is 0 Å². The summed E-state index contributed by atoms with van der Waals surface area (Å²) in [5.74, 6) is 1.97. The molecule has 0 saturated carbocycles. The lowest BCUT2D eigenvalue weighted by molar-refractivity contribution is -0.0509. The van der Waals surface area contributed by atoms with Crippen molar-refractivity contribution in [1.82, 2.24) is 0 Å². The van der Waals surface area contributed by atoms with Gasteiger partial charge in [0.15, 0.2) is 0 Å². The van der Waals surface area contributed by atoms with Crippen LogP contribution in [0.25, 0.3) is 5.76 Å². The molecule has 19 heavy (non-hydrogen) atoms. The summed E-state index contributed by atoms with van der Waals surface area (Å²) >= 11 is 0. The van der Waals surface area contributed by atoms with Gasteiger partial charge in [-0.15, -0.1) is 6.42 Å². The molecule has 0 heterocycles. The van der Waals surface area contributed by atoms with Crippen molar-refractivity contribution in [3.8, 4) is 12.3 Å². The predicted molar refractivity (Wildman–Crippen MR) is 62.1 cm³/mol. The normalized spacial score (nSPS) is 14.5. The minimum atomic E-state index is -5.66. The van der Waals surface area contributed by atoms with E-state index in [2.05, 4.69) is 10.1 Å². The molecule has 0 bridgehead atoms. The van der Waals surface area contributed by atoms with E-state index in [1.165, 1.54) is 12.1 Å². The van der Waals surface area contributed by atoms with Gasteiger partial charge in [0, 0.05) is 11.1 Å². The van der Waals surface area contributed by atoms with Crippen molar-refractivity contribution in [3.05, 3.63) is 41.0 Å². The number of rotatable bonds is 2. The third kappa shape index (κ3) is 2.44. The van der Waals surface area contributed by atoms with Crippen molar-refractivity contribution in [2.45, 2.75) is 11.9 Å². The summed E-state index contributed by atoms with van der Waals surface area (Å²) in [7, 11) is -5.66. The average Bonchev–Trinajstić information content (AvgIpc) is 2.69. The molecule has 0 unspecified atom stereocenters. The van der Waals surface area contributed by atoms with E-state index >= 15 is 0 Å². The fourth-order valence-corrected chi connectivity index (χ4v) is 2.12. The summed E-state index contributed by atoms with van der Waals surface area (Å²) in [6.45, 7) is 0. The Morgan fingerprint density at radius 3 is 2.58 bits per heavy atom. The van der Waals surface area contributed by atoms with Crippen LogP contribution in [0.15, 0.2) is 24.3 Å². The quantitative estimate of drug-likeness (QED) is 0.477. The van der Waals surface area contributed by atoms with Crippen LogP contribution >= 0.6 is 0 Å². The summed E-state index contributed by atoms with van der Waals surface area (Å²) in [5, 5.41) is 0. The Kier molecular flexibility index (Phi) is 3.06. The van der Waals surface area contributed by atoms with E-state index in [1.54, 1.807) is 12.1 Å². The summed E-state index contributed by atoms with van der Waals surface area (Å²) < 4.78 is 62.7. The maximum absolute atomic E-state index is 12.2. The SMILES string of the molecule is C#Cc1ccc2c(c1)C(OS(=O)(=O)C(F)(F)F)=CC2. The zero-order valence-corrected chi connectivity index (χ0v) is 10.2. The van der Waals surface area contributed by atoms with Crippen LogP contribution in [-0.4, -0.2) is 13.9 Å². The fraction of sp³-hybridized carbons (Fsp3) is 0.167. The largest absolute Gasteiger partial charge is 0.534 e. The highest BCUT2D eigenvalue weighted by Crippen LogP contribution is 2.34. The predicted octanol–water partition coefficient (Wildman–Crippen LogP) is 2.43. The Labute approximate surface area is 107 Å². The molecular formula is C12H7F3O3S. The second-order valence-corrected chi connectivity index (χ2v) is 5.31. The first-order valence-corrected chi connectivity index (χ1v) is 6.46. The lowest BCUT2D eigenvalue weighted by atomic mass is 10.1. The molecule has 0 fully saturated rings. The second kappa shape index (κ2) is 4.31. The Morgan fingerprint density at radius 1 is 1.32 bits per heavy atom. The molecule has 0 amide bonds. The molecule has 0 aromatic heterocycles. The summed E-state index contributed by atoms with van der Waals surface area (Å²) in [6.07, 6.45) is 6.74. The average molecular weight is 288 g/mol. The van der Waals surface area contributed by atoms with Crippen LogP contribution in [0, 0.1) is 12.3 Å². The number of terminal acetylenes is 1. The van der Waals surface area contributed by atoms with Crippen LogP contribution in [0.3, 0.4) is 0 Å². The third-order valence-corrected chi connectivity index (χ3v) is 3.50. The highest BCUT2D eigenvalue weighted by atomic mass is 32.2. The summed E-state index contributed by atoms with van der Waals surface area (Å²) in [6, 6.07) is 4.66. The Hall–Kier alpha value is -1.94. The highest BCUT2D eigenvalue weighted by molar-refractivity contribution is 7.87. The fourth-order valence-electron chi connectivity index (χ4n) is 1.63. The monoisotopic (exact) mass is 288 g/mol. The van der Waals surface area contributed by atoms with E-state index < -0.39 is 15.6 Å². The van der Waals surface area contributed by atoms with Gasteiger partial charge in [0.05, 0.1) is 0 Å². The standard InChI is InChI=1S/C12H7F3O3S/c1-2-8-3-4-9-5-6-11(10(9)7-8)18-19(16,17)12(13,14)15/h1,3-4,6-7H,5H2. The Morgan fingerprint density at radius 2 is 2.00 bits per heavy atom. The number of fused-ring (bicyclic) bond motifs is 1. The molecule has 100 valence electrons. The number of allylic oxidation sites excluding steroid dienone is 1. The van der Waals surface area contributed by atoms with Gasteiger partial charge in [0.25, 0.3) is 0 Å². The highest BCUT2D eigenvalue weighted by Gasteiger charge is 2.49. The van der Waals surface area contributed by atoms with E-state index in [0.717, 1.165) is 0 Å². The second-order valence-electron chi connectivity index (χ2n) is 3.77. The molecule has 1 aliphatic rings. The first kappa shape index (κ1) is 13.5. The van der Waals surface area contributed by atoms with Crippen LogP contribution in [0.4, 0.5) is 13.2 Å². The lowest BCUT2D eigenvalue weighted by Crippen LogP contribution is -2.24. The smallest absolute Gasteiger partial charge is 0.376 e.